The number of β-amino-alcohol motifs (C(OH)–C–C–N with tert-alkyl or cyclic N) is 1. The average molecular weight is 508 g/mol. The van der Waals surface area contributed by atoms with Crippen molar-refractivity contribution in [2.75, 3.05) is 6.54 Å². The monoisotopic (exact) mass is 507 g/mol. The summed E-state index contributed by atoms with van der Waals surface area (Å²) in [6.45, 7) is 12.5. The van der Waals surface area contributed by atoms with Gasteiger partial charge in [-0.1, -0.05) is 58.9 Å². The molecule has 1 aromatic carbocycles. The second-order valence-corrected chi connectivity index (χ2v) is 11.2. The van der Waals surface area contributed by atoms with Gasteiger partial charge in [0.2, 0.25) is 11.8 Å². The highest BCUT2D eigenvalue weighted by Gasteiger charge is 2.42. The zero-order valence-electron chi connectivity index (χ0n) is 22.4. The molecular formula is C28H37N5O4. The van der Waals surface area contributed by atoms with Crippen molar-refractivity contribution in [3.05, 3.63) is 59.9 Å². The van der Waals surface area contributed by atoms with E-state index in [1.165, 1.54) is 11.3 Å². The highest BCUT2D eigenvalue weighted by molar-refractivity contribution is 5.90. The number of aliphatic hydroxyl groups excluding tert-OH is 1. The Bertz CT molecular complexity index is 1240. The lowest BCUT2D eigenvalue weighted by atomic mass is 9.90. The van der Waals surface area contributed by atoms with E-state index < -0.39 is 18.2 Å². The number of benzene rings is 1. The van der Waals surface area contributed by atoms with E-state index in [2.05, 4.69) is 36.2 Å². The van der Waals surface area contributed by atoms with Gasteiger partial charge in [0.05, 0.1) is 18.0 Å². The lowest BCUT2D eigenvalue weighted by molar-refractivity contribution is -0.142. The molecule has 9 heteroatoms. The number of aliphatic hydroxyl groups is 1. The number of oxazole rings is 1. The predicted molar refractivity (Wildman–Crippen MR) is 139 cm³/mol. The summed E-state index contributed by atoms with van der Waals surface area (Å²) in [6, 6.07) is 6.38. The first kappa shape index (κ1) is 26.6. The summed E-state index contributed by atoms with van der Waals surface area (Å²) in [4.78, 5) is 32.5. The number of carbonyl (C=O) groups is 2. The van der Waals surface area contributed by atoms with Gasteiger partial charge in [-0.05, 0) is 29.4 Å². The topological polar surface area (TPSA) is 113 Å². The zero-order valence-corrected chi connectivity index (χ0v) is 22.4. The summed E-state index contributed by atoms with van der Waals surface area (Å²) < 4.78 is 7.14. The zero-order chi connectivity index (χ0) is 26.9. The fourth-order valence-corrected chi connectivity index (χ4v) is 4.72. The van der Waals surface area contributed by atoms with Gasteiger partial charge in [-0.15, -0.1) is 0 Å². The Morgan fingerprint density at radius 1 is 1.22 bits per heavy atom. The summed E-state index contributed by atoms with van der Waals surface area (Å²) in [7, 11) is 0. The standard InChI is InChI=1S/C28H37N5O4/c1-17(2)24(33-14-21(13-31-33)28(4,5)6)27(36)32-15-22(34)11-23(32)26(35)29-12-19-7-9-20(10-8-19)25-18(3)30-16-37-25/h7-10,13-14,16-17,22-24,34H,11-12,15H2,1-6H3,(H,29,35). The number of carbonyl (C=O) groups excluding carboxylic acids is 2. The number of likely N-dealkylation sites (tertiary alicyclic amines) is 1. The first-order valence-electron chi connectivity index (χ1n) is 12.8. The van der Waals surface area contributed by atoms with Crippen molar-refractivity contribution in [1.29, 1.82) is 0 Å². The van der Waals surface area contributed by atoms with Crippen molar-refractivity contribution in [2.45, 2.75) is 78.1 Å². The molecule has 198 valence electrons. The molecule has 0 saturated carbocycles. The average Bonchev–Trinajstić information content (AvgIpc) is 3.57. The summed E-state index contributed by atoms with van der Waals surface area (Å²) in [6.07, 6.45) is 4.58. The third-order valence-corrected chi connectivity index (χ3v) is 6.93. The van der Waals surface area contributed by atoms with Crippen LogP contribution in [0.15, 0.2) is 47.5 Å². The van der Waals surface area contributed by atoms with E-state index in [1.54, 1.807) is 10.9 Å². The Balaban J connectivity index is 1.45. The largest absolute Gasteiger partial charge is 0.443 e. The number of nitrogens with zero attached hydrogens (tertiary/aromatic N) is 4. The number of aromatic nitrogens is 3. The van der Waals surface area contributed by atoms with E-state index in [1.807, 2.05) is 51.2 Å². The van der Waals surface area contributed by atoms with E-state index in [4.69, 9.17) is 4.42 Å². The minimum atomic E-state index is -0.750. The molecular weight excluding hydrogens is 470 g/mol. The van der Waals surface area contributed by atoms with Crippen LogP contribution in [0.4, 0.5) is 0 Å². The van der Waals surface area contributed by atoms with Gasteiger partial charge in [-0.3, -0.25) is 14.3 Å². The maximum Gasteiger partial charge on any atom is 0.248 e. The van der Waals surface area contributed by atoms with Crippen molar-refractivity contribution in [2.24, 2.45) is 5.92 Å². The molecule has 3 unspecified atom stereocenters. The fourth-order valence-electron chi connectivity index (χ4n) is 4.72. The maximum atomic E-state index is 13.7. The van der Waals surface area contributed by atoms with Gasteiger partial charge in [0.1, 0.15) is 12.1 Å². The number of hydrogen-bond donors (Lipinski definition) is 2. The smallest absolute Gasteiger partial charge is 0.248 e. The molecule has 0 spiro atoms. The third-order valence-electron chi connectivity index (χ3n) is 6.93. The van der Waals surface area contributed by atoms with Crippen molar-refractivity contribution >= 4 is 11.8 Å². The van der Waals surface area contributed by atoms with Crippen LogP contribution in [0.5, 0.6) is 0 Å². The first-order valence-corrected chi connectivity index (χ1v) is 12.8. The highest BCUT2D eigenvalue weighted by atomic mass is 16.3. The molecule has 9 nitrogen and oxygen atoms in total. The fraction of sp³-hybridized carbons (Fsp3) is 0.500. The summed E-state index contributed by atoms with van der Waals surface area (Å²) in [5, 5.41) is 17.8. The molecule has 4 rings (SSSR count). The van der Waals surface area contributed by atoms with Gasteiger partial charge in [0, 0.05) is 31.3 Å². The lowest BCUT2D eigenvalue weighted by Gasteiger charge is -2.30. The normalized spacial score (nSPS) is 18.9. The molecule has 3 heterocycles. The molecule has 2 N–H and O–H groups in total. The van der Waals surface area contributed by atoms with Gasteiger partial charge in [-0.2, -0.15) is 5.10 Å². The van der Waals surface area contributed by atoms with Gasteiger partial charge >= 0.3 is 0 Å². The first-order chi connectivity index (χ1) is 17.5. The van der Waals surface area contributed by atoms with E-state index in [-0.39, 0.29) is 36.1 Å². The van der Waals surface area contributed by atoms with Gasteiger partial charge in [-0.25, -0.2) is 4.98 Å². The Morgan fingerprint density at radius 2 is 1.92 bits per heavy atom. The van der Waals surface area contributed by atoms with Crippen LogP contribution in [0.2, 0.25) is 0 Å². The molecule has 2 amide bonds. The molecule has 3 aromatic rings. The molecule has 1 saturated heterocycles. The Kier molecular flexibility index (Phi) is 7.54. The highest BCUT2D eigenvalue weighted by Crippen LogP contribution is 2.29. The lowest BCUT2D eigenvalue weighted by Crippen LogP contribution is -2.49. The number of rotatable bonds is 7. The SMILES string of the molecule is Cc1ncoc1-c1ccc(CNC(=O)C2CC(O)CN2C(=O)C(C(C)C)n2cc(C(C)(C)C)cn2)cc1. The van der Waals surface area contributed by atoms with Crippen LogP contribution in [0.1, 0.15) is 63.9 Å². The summed E-state index contributed by atoms with van der Waals surface area (Å²) >= 11 is 0. The molecule has 0 bridgehead atoms. The molecule has 3 atom stereocenters. The van der Waals surface area contributed by atoms with Crippen LogP contribution in [0, 0.1) is 12.8 Å². The summed E-state index contributed by atoms with van der Waals surface area (Å²) in [5.41, 5.74) is 3.58. The van der Waals surface area contributed by atoms with Crippen LogP contribution in [-0.4, -0.2) is 55.3 Å². The van der Waals surface area contributed by atoms with Crippen molar-refractivity contribution < 1.29 is 19.1 Å². The van der Waals surface area contributed by atoms with Gasteiger partial charge < -0.3 is 19.7 Å². The molecule has 0 radical (unpaired) electrons. The van der Waals surface area contributed by atoms with Crippen LogP contribution in [-0.2, 0) is 21.5 Å². The Morgan fingerprint density at radius 3 is 2.49 bits per heavy atom. The molecule has 0 aliphatic carbocycles. The van der Waals surface area contributed by atoms with E-state index in [9.17, 15) is 14.7 Å². The van der Waals surface area contributed by atoms with Gasteiger partial charge in [0.15, 0.2) is 12.2 Å². The minimum absolute atomic E-state index is 0.0480. The second-order valence-electron chi connectivity index (χ2n) is 11.2. The maximum absolute atomic E-state index is 13.7. The number of amides is 2. The second kappa shape index (κ2) is 10.5. The van der Waals surface area contributed by atoms with E-state index in [0.717, 1.165) is 28.1 Å². The molecule has 1 aliphatic rings. The van der Waals surface area contributed by atoms with Gasteiger partial charge in [0.25, 0.3) is 0 Å². The van der Waals surface area contributed by atoms with Crippen LogP contribution < -0.4 is 5.32 Å². The Labute approximate surface area is 217 Å². The van der Waals surface area contributed by atoms with Crippen LogP contribution in [0.25, 0.3) is 11.3 Å². The molecule has 37 heavy (non-hydrogen) atoms. The molecule has 2 aromatic heterocycles. The van der Waals surface area contributed by atoms with Crippen molar-refractivity contribution in [3.8, 4) is 11.3 Å². The quantitative estimate of drug-likeness (QED) is 0.505. The van der Waals surface area contributed by atoms with Crippen molar-refractivity contribution in [1.82, 2.24) is 25.0 Å². The number of nitrogens with one attached hydrogen (secondary N) is 1. The van der Waals surface area contributed by atoms with Crippen LogP contribution in [0.3, 0.4) is 0 Å². The van der Waals surface area contributed by atoms with E-state index >= 15 is 0 Å². The molecule has 1 fully saturated rings. The third kappa shape index (κ3) is 5.77. The number of hydrogen-bond acceptors (Lipinski definition) is 6. The van der Waals surface area contributed by atoms with E-state index in [0.29, 0.717) is 6.54 Å². The number of aryl methyl sites for hydroxylation is 1. The predicted octanol–water partition coefficient (Wildman–Crippen LogP) is 3.62. The summed E-state index contributed by atoms with van der Waals surface area (Å²) in [5.74, 6) is 0.185. The molecule has 1 aliphatic heterocycles. The minimum Gasteiger partial charge on any atom is -0.443 e. The Hall–Kier alpha value is -3.46. The van der Waals surface area contributed by atoms with Crippen molar-refractivity contribution in [3.63, 3.8) is 0 Å². The van der Waals surface area contributed by atoms with Crippen LogP contribution >= 0.6 is 0 Å².